The first kappa shape index (κ1) is 13.1. The monoisotopic (exact) mass is 200 g/mol. The van der Waals surface area contributed by atoms with E-state index in [1.807, 2.05) is 13.8 Å². The minimum absolute atomic E-state index is 0.0456. The molecule has 4 N–H and O–H groups in total. The highest BCUT2D eigenvalue weighted by molar-refractivity contribution is 5.82. The molecule has 0 aromatic rings. The van der Waals surface area contributed by atoms with Crippen molar-refractivity contribution in [2.75, 3.05) is 6.61 Å². The number of amides is 1. The maximum Gasteiger partial charge on any atom is 0.237 e. The van der Waals surface area contributed by atoms with Gasteiger partial charge in [-0.25, -0.2) is 0 Å². The second kappa shape index (κ2) is 5.78. The van der Waals surface area contributed by atoms with Gasteiger partial charge >= 0.3 is 0 Å². The van der Waals surface area contributed by atoms with E-state index in [9.17, 15) is 4.79 Å². The molecule has 0 spiro atoms. The van der Waals surface area contributed by atoms with E-state index in [4.69, 9.17) is 10.8 Å². The van der Waals surface area contributed by atoms with Crippen molar-refractivity contribution in [3.63, 3.8) is 0 Å². The SMILES string of the molecule is C=CCC(N)C(=O)NC(C)(C)CCO. The van der Waals surface area contributed by atoms with Gasteiger partial charge in [-0.05, 0) is 26.7 Å². The largest absolute Gasteiger partial charge is 0.396 e. The number of hydrogen-bond donors (Lipinski definition) is 3. The molecule has 1 unspecified atom stereocenters. The number of carbonyl (C=O) groups is 1. The van der Waals surface area contributed by atoms with Crippen molar-refractivity contribution in [1.82, 2.24) is 5.32 Å². The average molecular weight is 200 g/mol. The van der Waals surface area contributed by atoms with Gasteiger partial charge in [-0.2, -0.15) is 0 Å². The van der Waals surface area contributed by atoms with E-state index in [1.54, 1.807) is 6.08 Å². The van der Waals surface area contributed by atoms with Crippen LogP contribution in [-0.2, 0) is 4.79 Å². The summed E-state index contributed by atoms with van der Waals surface area (Å²) in [7, 11) is 0. The Labute approximate surface area is 85.2 Å². The first-order valence-electron chi connectivity index (χ1n) is 4.72. The van der Waals surface area contributed by atoms with Crippen LogP contribution in [0.4, 0.5) is 0 Å². The highest BCUT2D eigenvalue weighted by atomic mass is 16.3. The Hall–Kier alpha value is -0.870. The fourth-order valence-corrected chi connectivity index (χ4v) is 1.05. The minimum Gasteiger partial charge on any atom is -0.396 e. The quantitative estimate of drug-likeness (QED) is 0.535. The van der Waals surface area contributed by atoms with Crippen molar-refractivity contribution in [1.29, 1.82) is 0 Å². The van der Waals surface area contributed by atoms with Crippen LogP contribution in [0.3, 0.4) is 0 Å². The lowest BCUT2D eigenvalue weighted by Crippen LogP contribution is -2.50. The van der Waals surface area contributed by atoms with E-state index < -0.39 is 11.6 Å². The molecule has 0 fully saturated rings. The fraction of sp³-hybridized carbons (Fsp3) is 0.700. The van der Waals surface area contributed by atoms with Crippen LogP contribution in [0.2, 0.25) is 0 Å². The summed E-state index contributed by atoms with van der Waals surface area (Å²) in [5, 5.41) is 11.5. The lowest BCUT2D eigenvalue weighted by Gasteiger charge is -2.26. The van der Waals surface area contributed by atoms with Crippen LogP contribution in [-0.4, -0.2) is 29.2 Å². The van der Waals surface area contributed by atoms with Crippen LogP contribution in [0.5, 0.6) is 0 Å². The number of carbonyl (C=O) groups excluding carboxylic acids is 1. The first-order chi connectivity index (χ1) is 6.43. The molecule has 1 amide bonds. The van der Waals surface area contributed by atoms with Crippen LogP contribution in [0.1, 0.15) is 26.7 Å². The zero-order valence-electron chi connectivity index (χ0n) is 8.92. The molecule has 14 heavy (non-hydrogen) atoms. The van der Waals surface area contributed by atoms with E-state index >= 15 is 0 Å². The van der Waals surface area contributed by atoms with E-state index in [0.29, 0.717) is 12.8 Å². The van der Waals surface area contributed by atoms with Gasteiger partial charge in [0.05, 0.1) is 6.04 Å². The van der Waals surface area contributed by atoms with E-state index in [0.717, 1.165) is 0 Å². The molecule has 0 saturated carbocycles. The fourth-order valence-electron chi connectivity index (χ4n) is 1.05. The summed E-state index contributed by atoms with van der Waals surface area (Å²) in [4.78, 5) is 11.5. The Balaban J connectivity index is 4.09. The third-order valence-corrected chi connectivity index (χ3v) is 1.96. The molecule has 0 saturated heterocycles. The van der Waals surface area contributed by atoms with Gasteiger partial charge in [0.15, 0.2) is 0 Å². The van der Waals surface area contributed by atoms with Gasteiger partial charge in [-0.3, -0.25) is 4.79 Å². The van der Waals surface area contributed by atoms with Crippen molar-refractivity contribution < 1.29 is 9.90 Å². The maximum atomic E-state index is 11.5. The lowest BCUT2D eigenvalue weighted by molar-refractivity contribution is -0.124. The van der Waals surface area contributed by atoms with Crippen LogP contribution >= 0.6 is 0 Å². The molecule has 0 aliphatic heterocycles. The van der Waals surface area contributed by atoms with Gasteiger partial charge < -0.3 is 16.2 Å². The average Bonchev–Trinajstić information content (AvgIpc) is 2.03. The minimum atomic E-state index is -0.550. The molecule has 1 atom stereocenters. The standard InChI is InChI=1S/C10H20N2O2/c1-4-5-8(11)9(14)12-10(2,3)6-7-13/h4,8,13H,1,5-7,11H2,2-3H3,(H,12,14). The number of aliphatic hydroxyl groups excluding tert-OH is 1. The molecule has 4 heteroatoms. The summed E-state index contributed by atoms with van der Waals surface area (Å²) in [6, 6.07) is -0.550. The predicted octanol–water partition coefficient (Wildman–Crippen LogP) is 0.167. The van der Waals surface area contributed by atoms with Crippen molar-refractivity contribution in [3.8, 4) is 0 Å². The summed E-state index contributed by atoms with van der Waals surface area (Å²) in [5.41, 5.74) is 5.17. The van der Waals surface area contributed by atoms with Gasteiger partial charge in [0.25, 0.3) is 0 Å². The molecule has 0 aromatic carbocycles. The molecule has 0 heterocycles. The summed E-state index contributed by atoms with van der Waals surface area (Å²) in [6.45, 7) is 7.26. The molecule has 0 aliphatic carbocycles. The van der Waals surface area contributed by atoms with E-state index in [1.165, 1.54) is 0 Å². The van der Waals surface area contributed by atoms with Gasteiger partial charge in [-0.15, -0.1) is 6.58 Å². The number of nitrogens with one attached hydrogen (secondary N) is 1. The van der Waals surface area contributed by atoms with Gasteiger partial charge in [-0.1, -0.05) is 6.08 Å². The first-order valence-corrected chi connectivity index (χ1v) is 4.72. The highest BCUT2D eigenvalue weighted by Crippen LogP contribution is 2.07. The maximum absolute atomic E-state index is 11.5. The molecule has 0 rings (SSSR count). The van der Waals surface area contributed by atoms with E-state index in [-0.39, 0.29) is 12.5 Å². The number of nitrogens with two attached hydrogens (primary N) is 1. The molecule has 0 aromatic heterocycles. The third-order valence-electron chi connectivity index (χ3n) is 1.96. The lowest BCUT2D eigenvalue weighted by atomic mass is 10.0. The summed E-state index contributed by atoms with van der Waals surface area (Å²) in [6.07, 6.45) is 2.59. The molecule has 0 aliphatic rings. The van der Waals surface area contributed by atoms with Crippen LogP contribution in [0.15, 0.2) is 12.7 Å². The summed E-state index contributed by atoms with van der Waals surface area (Å²) < 4.78 is 0. The van der Waals surface area contributed by atoms with Crippen LogP contribution in [0, 0.1) is 0 Å². The topological polar surface area (TPSA) is 75.4 Å². The second-order valence-electron chi connectivity index (χ2n) is 3.98. The Bertz CT molecular complexity index is 202. The second-order valence-corrected chi connectivity index (χ2v) is 3.98. The molecule has 0 bridgehead atoms. The molecular weight excluding hydrogens is 180 g/mol. The summed E-state index contributed by atoms with van der Waals surface area (Å²) >= 11 is 0. The van der Waals surface area contributed by atoms with Gasteiger partial charge in [0, 0.05) is 12.1 Å². The van der Waals surface area contributed by atoms with Crippen molar-refractivity contribution >= 4 is 5.91 Å². The number of rotatable bonds is 6. The Kier molecular flexibility index (Phi) is 5.42. The van der Waals surface area contributed by atoms with Crippen LogP contribution < -0.4 is 11.1 Å². The van der Waals surface area contributed by atoms with Crippen LogP contribution in [0.25, 0.3) is 0 Å². The molecule has 4 nitrogen and oxygen atoms in total. The van der Waals surface area contributed by atoms with Crippen molar-refractivity contribution in [3.05, 3.63) is 12.7 Å². The Morgan fingerprint density at radius 1 is 1.71 bits per heavy atom. The molecule has 0 radical (unpaired) electrons. The highest BCUT2D eigenvalue weighted by Gasteiger charge is 2.22. The van der Waals surface area contributed by atoms with Gasteiger partial charge in [0.2, 0.25) is 5.91 Å². The Morgan fingerprint density at radius 3 is 2.71 bits per heavy atom. The number of hydrogen-bond acceptors (Lipinski definition) is 3. The zero-order chi connectivity index (χ0) is 11.2. The Morgan fingerprint density at radius 2 is 2.29 bits per heavy atom. The normalized spacial score (nSPS) is 13.4. The summed E-state index contributed by atoms with van der Waals surface area (Å²) in [5.74, 6) is -0.205. The zero-order valence-corrected chi connectivity index (χ0v) is 8.92. The van der Waals surface area contributed by atoms with Crippen molar-refractivity contribution in [2.24, 2.45) is 5.73 Å². The smallest absolute Gasteiger partial charge is 0.237 e. The van der Waals surface area contributed by atoms with E-state index in [2.05, 4.69) is 11.9 Å². The number of aliphatic hydroxyl groups is 1. The predicted molar refractivity (Wildman–Crippen MR) is 56.7 cm³/mol. The molecule has 82 valence electrons. The van der Waals surface area contributed by atoms with Crippen molar-refractivity contribution in [2.45, 2.75) is 38.3 Å². The van der Waals surface area contributed by atoms with Gasteiger partial charge in [0.1, 0.15) is 0 Å². The third kappa shape index (κ3) is 4.99. The molecular formula is C10H20N2O2.